The number of aryl methyl sites for hydroxylation is 1. The van der Waals surface area contributed by atoms with E-state index in [1.165, 1.54) is 10.9 Å². The lowest BCUT2D eigenvalue weighted by Crippen LogP contribution is -2.25. The molecule has 0 atom stereocenters. The molecule has 0 bridgehead atoms. The first-order valence-electron chi connectivity index (χ1n) is 9.13. The average molecular weight is 394 g/mol. The van der Waals surface area contributed by atoms with Crippen LogP contribution < -0.4 is 20.5 Å². The van der Waals surface area contributed by atoms with Crippen molar-refractivity contribution in [3.05, 3.63) is 76.2 Å². The molecule has 0 aliphatic carbocycles. The van der Waals surface area contributed by atoms with E-state index in [0.717, 1.165) is 0 Å². The summed E-state index contributed by atoms with van der Waals surface area (Å²) < 4.78 is 12.4. The predicted octanol–water partition coefficient (Wildman–Crippen LogP) is 2.40. The highest BCUT2D eigenvalue weighted by Gasteiger charge is 2.11. The van der Waals surface area contributed by atoms with Gasteiger partial charge in [-0.25, -0.2) is 10.1 Å². The highest BCUT2D eigenvalue weighted by Crippen LogP contribution is 2.26. The van der Waals surface area contributed by atoms with Gasteiger partial charge in [-0.2, -0.15) is 5.10 Å². The number of H-pyrrole nitrogens is 1. The van der Waals surface area contributed by atoms with Crippen LogP contribution in [-0.4, -0.2) is 35.1 Å². The molecule has 0 saturated carbocycles. The number of para-hydroxylation sites is 3. The smallest absolute Gasteiger partial charge is 0.280 e. The van der Waals surface area contributed by atoms with Crippen LogP contribution in [0.15, 0.2) is 64.5 Å². The van der Waals surface area contributed by atoms with Crippen LogP contribution in [0.25, 0.3) is 5.69 Å². The number of carbonyl (C=O) groups excluding carboxylic acids is 1. The minimum Gasteiger partial charge on any atom is -0.490 e. The van der Waals surface area contributed by atoms with Gasteiger partial charge < -0.3 is 9.47 Å². The van der Waals surface area contributed by atoms with Crippen LogP contribution in [0.1, 0.15) is 18.2 Å². The van der Waals surface area contributed by atoms with E-state index in [1.807, 2.05) is 43.3 Å². The largest absolute Gasteiger partial charge is 0.490 e. The van der Waals surface area contributed by atoms with Crippen molar-refractivity contribution in [2.75, 3.05) is 13.2 Å². The second-order valence-electron chi connectivity index (χ2n) is 6.09. The summed E-state index contributed by atoms with van der Waals surface area (Å²) in [6.45, 7) is 3.89. The van der Waals surface area contributed by atoms with Crippen LogP contribution in [0.2, 0.25) is 0 Å². The number of ether oxygens (including phenoxy) is 2. The van der Waals surface area contributed by atoms with E-state index < -0.39 is 5.91 Å². The van der Waals surface area contributed by atoms with Gasteiger partial charge >= 0.3 is 0 Å². The number of hydrogen-bond donors (Lipinski definition) is 2. The van der Waals surface area contributed by atoms with Gasteiger partial charge in [-0.1, -0.05) is 30.3 Å². The van der Waals surface area contributed by atoms with Crippen LogP contribution >= 0.6 is 0 Å². The molecule has 0 aliphatic heterocycles. The Morgan fingerprint density at radius 1 is 1.10 bits per heavy atom. The maximum absolute atomic E-state index is 12.6. The quantitative estimate of drug-likeness (QED) is 0.453. The average Bonchev–Trinajstić information content (AvgIpc) is 3.02. The molecule has 29 heavy (non-hydrogen) atoms. The van der Waals surface area contributed by atoms with Gasteiger partial charge in [-0.3, -0.25) is 14.7 Å². The van der Waals surface area contributed by atoms with Crippen LogP contribution in [0.3, 0.4) is 0 Å². The molecule has 2 N–H and O–H groups in total. The Bertz CT molecular complexity index is 1050. The summed E-state index contributed by atoms with van der Waals surface area (Å²) in [6.07, 6.45) is 1.32. The number of carbonyl (C=O) groups is 1. The number of aromatic amines is 1. The van der Waals surface area contributed by atoms with Crippen molar-refractivity contribution in [3.63, 3.8) is 0 Å². The Morgan fingerprint density at radius 2 is 1.76 bits per heavy atom. The van der Waals surface area contributed by atoms with E-state index in [9.17, 15) is 9.59 Å². The molecular formula is C21H22N4O4. The van der Waals surface area contributed by atoms with Gasteiger partial charge in [-0.05, 0) is 38.1 Å². The topological polar surface area (TPSA) is 97.7 Å². The highest BCUT2D eigenvalue weighted by molar-refractivity contribution is 5.83. The number of benzene rings is 2. The molecule has 0 unspecified atom stereocenters. The zero-order chi connectivity index (χ0) is 20.6. The summed E-state index contributed by atoms with van der Waals surface area (Å²) in [6, 6.07) is 16.3. The zero-order valence-corrected chi connectivity index (χ0v) is 16.2. The predicted molar refractivity (Wildman–Crippen MR) is 110 cm³/mol. The van der Waals surface area contributed by atoms with Gasteiger partial charge in [0.1, 0.15) is 0 Å². The molecule has 3 rings (SSSR count). The Kier molecular flexibility index (Phi) is 6.47. The lowest BCUT2D eigenvalue weighted by Gasteiger charge is -2.10. The monoisotopic (exact) mass is 394 g/mol. The van der Waals surface area contributed by atoms with Crippen molar-refractivity contribution in [1.29, 1.82) is 0 Å². The summed E-state index contributed by atoms with van der Waals surface area (Å²) in [7, 11) is 0. The molecule has 150 valence electrons. The number of hydrazone groups is 1. The number of nitrogens with one attached hydrogen (secondary N) is 2. The van der Waals surface area contributed by atoms with E-state index in [0.29, 0.717) is 35.1 Å². The van der Waals surface area contributed by atoms with E-state index in [-0.39, 0.29) is 12.2 Å². The lowest BCUT2D eigenvalue weighted by molar-refractivity contribution is -0.123. The Morgan fingerprint density at radius 3 is 2.45 bits per heavy atom. The van der Waals surface area contributed by atoms with Gasteiger partial charge in [0.05, 0.1) is 24.1 Å². The van der Waals surface area contributed by atoms with E-state index in [2.05, 4.69) is 15.6 Å². The SMILES string of the molecule is CCOc1ccccc1OCC(=O)NN=Cc1c(C)[nH]n(-c2ccccc2)c1=O. The van der Waals surface area contributed by atoms with Gasteiger partial charge in [0.2, 0.25) is 0 Å². The summed E-state index contributed by atoms with van der Waals surface area (Å²) in [4.78, 5) is 24.6. The maximum atomic E-state index is 12.6. The first kappa shape index (κ1) is 19.9. The van der Waals surface area contributed by atoms with Crippen molar-refractivity contribution >= 4 is 12.1 Å². The third-order valence-corrected chi connectivity index (χ3v) is 4.02. The fourth-order valence-corrected chi connectivity index (χ4v) is 2.66. The Labute approximate surface area is 167 Å². The van der Waals surface area contributed by atoms with Crippen molar-refractivity contribution in [1.82, 2.24) is 15.2 Å². The molecule has 2 aromatic carbocycles. The number of nitrogens with zero attached hydrogens (tertiary/aromatic N) is 2. The molecule has 0 spiro atoms. The Hall–Kier alpha value is -3.81. The molecule has 0 fully saturated rings. The van der Waals surface area contributed by atoms with Gasteiger partial charge in [-0.15, -0.1) is 0 Å². The second kappa shape index (κ2) is 9.41. The van der Waals surface area contributed by atoms with E-state index >= 15 is 0 Å². The van der Waals surface area contributed by atoms with Gasteiger partial charge in [0, 0.05) is 5.69 Å². The maximum Gasteiger partial charge on any atom is 0.280 e. The van der Waals surface area contributed by atoms with Crippen LogP contribution in [0.4, 0.5) is 0 Å². The number of aromatic nitrogens is 2. The minimum absolute atomic E-state index is 0.234. The Balaban J connectivity index is 1.61. The third-order valence-electron chi connectivity index (χ3n) is 4.02. The van der Waals surface area contributed by atoms with Crippen LogP contribution in [-0.2, 0) is 4.79 Å². The third kappa shape index (κ3) is 4.92. The molecular weight excluding hydrogens is 372 g/mol. The molecule has 0 saturated heterocycles. The number of hydrogen-bond acceptors (Lipinski definition) is 5. The second-order valence-corrected chi connectivity index (χ2v) is 6.09. The molecule has 1 heterocycles. The molecule has 8 heteroatoms. The van der Waals surface area contributed by atoms with Crippen molar-refractivity contribution in [3.8, 4) is 17.2 Å². The molecule has 1 amide bonds. The summed E-state index contributed by atoms with van der Waals surface area (Å²) in [5, 5.41) is 6.87. The van der Waals surface area contributed by atoms with Crippen LogP contribution in [0, 0.1) is 6.92 Å². The first-order valence-corrected chi connectivity index (χ1v) is 9.13. The van der Waals surface area contributed by atoms with Crippen molar-refractivity contribution in [2.24, 2.45) is 5.10 Å². The lowest BCUT2D eigenvalue weighted by atomic mass is 10.3. The first-order chi connectivity index (χ1) is 14.1. The fourth-order valence-electron chi connectivity index (χ4n) is 2.66. The zero-order valence-electron chi connectivity index (χ0n) is 16.2. The highest BCUT2D eigenvalue weighted by atomic mass is 16.5. The van der Waals surface area contributed by atoms with E-state index in [4.69, 9.17) is 9.47 Å². The molecule has 0 radical (unpaired) electrons. The molecule has 0 aliphatic rings. The van der Waals surface area contributed by atoms with E-state index in [1.54, 1.807) is 25.1 Å². The van der Waals surface area contributed by atoms with Crippen molar-refractivity contribution in [2.45, 2.75) is 13.8 Å². The van der Waals surface area contributed by atoms with Gasteiger partial charge in [0.15, 0.2) is 18.1 Å². The molecule has 1 aromatic heterocycles. The number of rotatable bonds is 8. The number of amides is 1. The molecule has 3 aromatic rings. The summed E-state index contributed by atoms with van der Waals surface area (Å²) in [5.74, 6) is 0.584. The van der Waals surface area contributed by atoms with Crippen molar-refractivity contribution < 1.29 is 14.3 Å². The minimum atomic E-state index is -0.455. The summed E-state index contributed by atoms with van der Waals surface area (Å²) >= 11 is 0. The summed E-state index contributed by atoms with van der Waals surface area (Å²) in [5.41, 5.74) is 3.81. The fraction of sp³-hybridized carbons (Fsp3) is 0.190. The normalized spacial score (nSPS) is 10.8. The standard InChI is InChI=1S/C21H22N4O4/c1-3-28-18-11-7-8-12-19(18)29-14-20(26)23-22-13-17-15(2)24-25(21(17)27)16-9-5-4-6-10-16/h4-13,24H,3,14H2,1-2H3,(H,23,26). The molecule has 8 nitrogen and oxygen atoms in total. The van der Waals surface area contributed by atoms with Gasteiger partial charge in [0.25, 0.3) is 11.5 Å². The van der Waals surface area contributed by atoms with Crippen LogP contribution in [0.5, 0.6) is 11.5 Å².